The number of hydrogen-bond donors (Lipinski definition) is 1. The molecular formula is C11H13Br2NO. The highest BCUT2D eigenvalue weighted by Crippen LogP contribution is 2.33. The molecule has 2 nitrogen and oxygen atoms in total. The zero-order valence-electron chi connectivity index (χ0n) is 8.30. The zero-order chi connectivity index (χ0) is 10.7. The van der Waals surface area contributed by atoms with E-state index in [0.717, 1.165) is 27.8 Å². The summed E-state index contributed by atoms with van der Waals surface area (Å²) in [7, 11) is 0. The van der Waals surface area contributed by atoms with Crippen molar-refractivity contribution in [3.63, 3.8) is 0 Å². The van der Waals surface area contributed by atoms with Gasteiger partial charge in [-0.15, -0.1) is 0 Å². The zero-order valence-corrected chi connectivity index (χ0v) is 11.5. The highest BCUT2D eigenvalue weighted by molar-refractivity contribution is 9.11. The normalized spacial score (nSPS) is 20.5. The number of halogens is 2. The molecule has 0 unspecified atom stereocenters. The summed E-state index contributed by atoms with van der Waals surface area (Å²) in [5.74, 6) is 0.895. The van der Waals surface area contributed by atoms with Crippen LogP contribution in [0, 0.1) is 0 Å². The van der Waals surface area contributed by atoms with Gasteiger partial charge in [0.2, 0.25) is 0 Å². The average Bonchev–Trinajstić information content (AvgIpc) is 2.70. The van der Waals surface area contributed by atoms with E-state index in [1.165, 1.54) is 12.8 Å². The van der Waals surface area contributed by atoms with Gasteiger partial charge in [-0.3, -0.25) is 0 Å². The quantitative estimate of drug-likeness (QED) is 0.915. The van der Waals surface area contributed by atoms with Gasteiger partial charge in [-0.2, -0.15) is 0 Å². The van der Waals surface area contributed by atoms with Gasteiger partial charge in [0.15, 0.2) is 0 Å². The number of rotatable bonds is 3. The maximum atomic E-state index is 5.80. The van der Waals surface area contributed by atoms with Crippen LogP contribution in [0.25, 0.3) is 0 Å². The Kier molecular flexibility index (Phi) is 4.05. The third-order valence-electron chi connectivity index (χ3n) is 2.51. The van der Waals surface area contributed by atoms with Crippen LogP contribution in [0.3, 0.4) is 0 Å². The molecule has 1 aliphatic rings. The van der Waals surface area contributed by atoms with Crippen LogP contribution in [0.1, 0.15) is 12.8 Å². The Hall–Kier alpha value is -0.0600. The summed E-state index contributed by atoms with van der Waals surface area (Å²) in [5, 5.41) is 3.41. The van der Waals surface area contributed by atoms with Crippen molar-refractivity contribution >= 4 is 31.9 Å². The van der Waals surface area contributed by atoms with Crippen LogP contribution in [-0.4, -0.2) is 19.2 Å². The standard InChI is InChI=1S/C11H13Br2NO/c12-9-4-1-5-10(13)11(9)15-7-8-3-2-6-14-8/h1,4-5,8,14H,2-3,6-7H2/t8-/m1/s1. The third kappa shape index (κ3) is 2.95. The Morgan fingerprint density at radius 2 is 2.07 bits per heavy atom. The lowest BCUT2D eigenvalue weighted by molar-refractivity contribution is 0.274. The van der Waals surface area contributed by atoms with Crippen molar-refractivity contribution in [3.8, 4) is 5.75 Å². The summed E-state index contributed by atoms with van der Waals surface area (Å²) in [6.07, 6.45) is 2.47. The summed E-state index contributed by atoms with van der Waals surface area (Å²) in [5.41, 5.74) is 0. The second-order valence-electron chi connectivity index (χ2n) is 3.66. The van der Waals surface area contributed by atoms with Crippen LogP contribution < -0.4 is 10.1 Å². The molecule has 1 fully saturated rings. The van der Waals surface area contributed by atoms with Crippen LogP contribution in [-0.2, 0) is 0 Å². The molecule has 82 valence electrons. The van der Waals surface area contributed by atoms with Crippen LogP contribution in [0.5, 0.6) is 5.75 Å². The molecule has 0 spiro atoms. The Labute approximate surface area is 107 Å². The maximum Gasteiger partial charge on any atom is 0.147 e. The molecule has 1 atom stereocenters. The molecule has 1 saturated heterocycles. The van der Waals surface area contributed by atoms with Crippen molar-refractivity contribution in [1.29, 1.82) is 0 Å². The fraction of sp³-hybridized carbons (Fsp3) is 0.455. The molecule has 4 heteroatoms. The molecule has 1 aromatic rings. The van der Waals surface area contributed by atoms with Gasteiger partial charge in [-0.25, -0.2) is 0 Å². The molecule has 1 heterocycles. The SMILES string of the molecule is Brc1cccc(Br)c1OC[C@H]1CCCN1. The predicted octanol–water partition coefficient (Wildman–Crippen LogP) is 3.34. The van der Waals surface area contributed by atoms with Crippen LogP contribution in [0.15, 0.2) is 27.1 Å². The molecular weight excluding hydrogens is 322 g/mol. The van der Waals surface area contributed by atoms with Crippen LogP contribution in [0.4, 0.5) is 0 Å². The minimum atomic E-state index is 0.504. The molecule has 2 rings (SSSR count). The minimum Gasteiger partial charge on any atom is -0.490 e. The number of ether oxygens (including phenoxy) is 1. The summed E-state index contributed by atoms with van der Waals surface area (Å²) in [6, 6.07) is 6.46. The Morgan fingerprint density at radius 3 is 2.67 bits per heavy atom. The summed E-state index contributed by atoms with van der Waals surface area (Å²) < 4.78 is 7.79. The van der Waals surface area contributed by atoms with E-state index in [-0.39, 0.29) is 0 Å². The second kappa shape index (κ2) is 5.32. The monoisotopic (exact) mass is 333 g/mol. The van der Waals surface area contributed by atoms with Crippen molar-refractivity contribution in [2.24, 2.45) is 0 Å². The summed E-state index contributed by atoms with van der Waals surface area (Å²) in [6.45, 7) is 1.85. The van der Waals surface area contributed by atoms with E-state index in [9.17, 15) is 0 Å². The topological polar surface area (TPSA) is 21.3 Å². The van der Waals surface area contributed by atoms with Crippen molar-refractivity contribution in [2.75, 3.05) is 13.2 Å². The van der Waals surface area contributed by atoms with E-state index in [4.69, 9.17) is 4.74 Å². The van der Waals surface area contributed by atoms with E-state index in [2.05, 4.69) is 37.2 Å². The predicted molar refractivity (Wildman–Crippen MR) is 68.4 cm³/mol. The first kappa shape index (κ1) is 11.4. The van der Waals surface area contributed by atoms with E-state index in [0.29, 0.717) is 6.04 Å². The van der Waals surface area contributed by atoms with Gasteiger partial charge < -0.3 is 10.1 Å². The molecule has 0 amide bonds. The molecule has 1 N–H and O–H groups in total. The van der Waals surface area contributed by atoms with E-state index in [1.54, 1.807) is 0 Å². The first-order valence-corrected chi connectivity index (χ1v) is 6.66. The highest BCUT2D eigenvalue weighted by Gasteiger charge is 2.15. The molecule has 0 aromatic heterocycles. The Morgan fingerprint density at radius 1 is 1.33 bits per heavy atom. The van der Waals surface area contributed by atoms with Gasteiger partial charge >= 0.3 is 0 Å². The van der Waals surface area contributed by atoms with Gasteiger partial charge in [-0.05, 0) is 63.4 Å². The average molecular weight is 335 g/mol. The first-order valence-electron chi connectivity index (χ1n) is 5.07. The largest absolute Gasteiger partial charge is 0.490 e. The molecule has 15 heavy (non-hydrogen) atoms. The number of para-hydroxylation sites is 1. The van der Waals surface area contributed by atoms with E-state index < -0.39 is 0 Å². The Bertz CT molecular complexity index is 317. The first-order chi connectivity index (χ1) is 7.27. The lowest BCUT2D eigenvalue weighted by Crippen LogP contribution is -2.28. The molecule has 0 bridgehead atoms. The van der Waals surface area contributed by atoms with Crippen molar-refractivity contribution in [2.45, 2.75) is 18.9 Å². The van der Waals surface area contributed by atoms with Crippen molar-refractivity contribution in [3.05, 3.63) is 27.1 Å². The molecule has 1 aromatic carbocycles. The maximum absolute atomic E-state index is 5.80. The molecule has 0 saturated carbocycles. The van der Waals surface area contributed by atoms with Gasteiger partial charge in [0.1, 0.15) is 12.4 Å². The summed E-state index contributed by atoms with van der Waals surface area (Å²) in [4.78, 5) is 0. The van der Waals surface area contributed by atoms with Crippen LogP contribution >= 0.6 is 31.9 Å². The van der Waals surface area contributed by atoms with Gasteiger partial charge in [0.05, 0.1) is 8.95 Å². The van der Waals surface area contributed by atoms with E-state index in [1.807, 2.05) is 18.2 Å². The Balaban J connectivity index is 1.97. The van der Waals surface area contributed by atoms with Crippen LogP contribution in [0.2, 0.25) is 0 Å². The number of benzene rings is 1. The summed E-state index contributed by atoms with van der Waals surface area (Å²) >= 11 is 6.96. The fourth-order valence-electron chi connectivity index (χ4n) is 1.70. The lowest BCUT2D eigenvalue weighted by atomic mass is 10.2. The van der Waals surface area contributed by atoms with Gasteiger partial charge in [0.25, 0.3) is 0 Å². The smallest absolute Gasteiger partial charge is 0.147 e. The number of hydrogen-bond acceptors (Lipinski definition) is 2. The molecule has 0 aliphatic carbocycles. The highest BCUT2D eigenvalue weighted by atomic mass is 79.9. The second-order valence-corrected chi connectivity index (χ2v) is 5.36. The minimum absolute atomic E-state index is 0.504. The third-order valence-corrected chi connectivity index (χ3v) is 3.76. The van der Waals surface area contributed by atoms with E-state index >= 15 is 0 Å². The number of nitrogens with one attached hydrogen (secondary N) is 1. The van der Waals surface area contributed by atoms with Crippen molar-refractivity contribution in [1.82, 2.24) is 5.32 Å². The van der Waals surface area contributed by atoms with Gasteiger partial charge in [-0.1, -0.05) is 6.07 Å². The van der Waals surface area contributed by atoms with Crippen molar-refractivity contribution < 1.29 is 4.74 Å². The lowest BCUT2D eigenvalue weighted by Gasteiger charge is -2.14. The fourth-order valence-corrected chi connectivity index (χ4v) is 2.93. The van der Waals surface area contributed by atoms with Gasteiger partial charge in [0, 0.05) is 6.04 Å². The molecule has 0 radical (unpaired) electrons. The molecule has 1 aliphatic heterocycles.